The van der Waals surface area contributed by atoms with Gasteiger partial charge in [0, 0.05) is 16.7 Å². The Morgan fingerprint density at radius 2 is 1.90 bits per heavy atom. The minimum Gasteiger partial charge on any atom is -0.300 e. The first-order valence-electron chi connectivity index (χ1n) is 6.96. The molecule has 0 aliphatic carbocycles. The van der Waals surface area contributed by atoms with Crippen LogP contribution in [0.5, 0.6) is 0 Å². The minimum absolute atomic E-state index is 0.0528. The lowest BCUT2D eigenvalue weighted by Gasteiger charge is -2.14. The van der Waals surface area contributed by atoms with Gasteiger partial charge in [0.15, 0.2) is 0 Å². The van der Waals surface area contributed by atoms with Crippen molar-refractivity contribution in [3.8, 4) is 6.07 Å². The van der Waals surface area contributed by atoms with Crippen LogP contribution < -0.4 is 5.32 Å². The maximum Gasteiger partial charge on any atom is 0.0962 e. The summed E-state index contributed by atoms with van der Waals surface area (Å²) in [7, 11) is 0. The second-order valence-electron chi connectivity index (χ2n) is 5.15. The van der Waals surface area contributed by atoms with E-state index >= 15 is 0 Å². The molecule has 0 aliphatic heterocycles. The molecule has 0 amide bonds. The Kier molecular flexibility index (Phi) is 5.46. The van der Waals surface area contributed by atoms with Gasteiger partial charge in [-0.3, -0.25) is 5.32 Å². The molecule has 0 aliphatic rings. The third-order valence-corrected chi connectivity index (χ3v) is 4.11. The molecule has 0 radical (unpaired) electrons. The maximum atomic E-state index is 9.09. The average Bonchev–Trinajstić information content (AvgIpc) is 2.45. The molecule has 0 fully saturated rings. The molecule has 2 aromatic rings. The van der Waals surface area contributed by atoms with Gasteiger partial charge >= 0.3 is 0 Å². The van der Waals surface area contributed by atoms with E-state index in [4.69, 9.17) is 5.26 Å². The summed E-state index contributed by atoms with van der Waals surface area (Å²) in [5.74, 6) is 0.955. The summed E-state index contributed by atoms with van der Waals surface area (Å²) in [6, 6.07) is 17.5. The zero-order valence-corrected chi connectivity index (χ0v) is 12.8. The summed E-state index contributed by atoms with van der Waals surface area (Å²) in [5.41, 5.74) is 0. The number of nitrogens with zero attached hydrogens (tertiary/aromatic N) is 1. The zero-order valence-electron chi connectivity index (χ0n) is 12.0. The van der Waals surface area contributed by atoms with E-state index in [0.717, 1.165) is 12.2 Å². The van der Waals surface area contributed by atoms with Crippen molar-refractivity contribution in [2.45, 2.75) is 37.2 Å². The lowest BCUT2D eigenvalue weighted by molar-refractivity contribution is 0.522. The molecule has 3 heteroatoms. The Hall–Kier alpha value is -1.50. The number of benzene rings is 2. The summed E-state index contributed by atoms with van der Waals surface area (Å²) in [6.07, 6.45) is 0.867. The number of rotatable bonds is 6. The molecule has 2 rings (SSSR count). The first-order valence-corrected chi connectivity index (χ1v) is 7.95. The Labute approximate surface area is 125 Å². The molecule has 104 valence electrons. The molecule has 20 heavy (non-hydrogen) atoms. The van der Waals surface area contributed by atoms with Crippen molar-refractivity contribution < 1.29 is 0 Å². The van der Waals surface area contributed by atoms with Gasteiger partial charge in [-0.2, -0.15) is 5.26 Å². The van der Waals surface area contributed by atoms with Crippen molar-refractivity contribution in [1.82, 2.24) is 5.32 Å². The summed E-state index contributed by atoms with van der Waals surface area (Å²) in [6.45, 7) is 4.14. The van der Waals surface area contributed by atoms with E-state index in [2.05, 4.69) is 67.7 Å². The Morgan fingerprint density at radius 1 is 1.15 bits per heavy atom. The third kappa shape index (κ3) is 4.26. The van der Waals surface area contributed by atoms with E-state index in [1.165, 1.54) is 15.7 Å². The van der Waals surface area contributed by atoms with Crippen LogP contribution in [0.3, 0.4) is 0 Å². The standard InChI is InChI=1S/C17H20N2S/c1-13(2)19-16(12-18)9-10-20-17-8-7-14-5-3-4-6-15(14)11-17/h3-8,11,13,16,19H,9-10H2,1-2H3. The number of fused-ring (bicyclic) bond motifs is 1. The van der Waals surface area contributed by atoms with Crippen LogP contribution in [-0.2, 0) is 0 Å². The molecular weight excluding hydrogens is 264 g/mol. The largest absolute Gasteiger partial charge is 0.300 e. The summed E-state index contributed by atoms with van der Waals surface area (Å²) in [4.78, 5) is 1.27. The molecule has 1 N–H and O–H groups in total. The summed E-state index contributed by atoms with van der Waals surface area (Å²) >= 11 is 1.81. The van der Waals surface area contributed by atoms with Crippen molar-refractivity contribution in [1.29, 1.82) is 5.26 Å². The molecule has 0 heterocycles. The van der Waals surface area contributed by atoms with Gasteiger partial charge in [-0.05, 0) is 43.2 Å². The molecular formula is C17H20N2S. The lowest BCUT2D eigenvalue weighted by Crippen LogP contribution is -2.33. The predicted molar refractivity (Wildman–Crippen MR) is 87.0 cm³/mol. The number of nitriles is 1. The highest BCUT2D eigenvalue weighted by Gasteiger charge is 2.08. The van der Waals surface area contributed by atoms with Crippen LogP contribution in [0.4, 0.5) is 0 Å². The highest BCUT2D eigenvalue weighted by molar-refractivity contribution is 7.99. The molecule has 2 nitrogen and oxygen atoms in total. The van der Waals surface area contributed by atoms with Gasteiger partial charge in [0.2, 0.25) is 0 Å². The molecule has 0 aromatic heterocycles. The van der Waals surface area contributed by atoms with Gasteiger partial charge < -0.3 is 0 Å². The molecule has 2 aromatic carbocycles. The van der Waals surface area contributed by atoms with E-state index in [9.17, 15) is 0 Å². The molecule has 1 atom stereocenters. The number of hydrogen-bond donors (Lipinski definition) is 1. The minimum atomic E-state index is -0.0528. The highest BCUT2D eigenvalue weighted by Crippen LogP contribution is 2.24. The number of thioether (sulfide) groups is 1. The smallest absolute Gasteiger partial charge is 0.0962 e. The normalized spacial score (nSPS) is 12.5. The topological polar surface area (TPSA) is 35.8 Å². The highest BCUT2D eigenvalue weighted by atomic mass is 32.2. The molecule has 0 spiro atoms. The van der Waals surface area contributed by atoms with Gasteiger partial charge in [0.05, 0.1) is 12.1 Å². The Morgan fingerprint density at radius 3 is 2.60 bits per heavy atom. The third-order valence-electron chi connectivity index (χ3n) is 3.09. The number of hydrogen-bond acceptors (Lipinski definition) is 3. The van der Waals surface area contributed by atoms with Gasteiger partial charge in [-0.1, -0.05) is 30.3 Å². The van der Waals surface area contributed by atoms with Crippen LogP contribution >= 0.6 is 11.8 Å². The predicted octanol–water partition coefficient (Wildman–Crippen LogP) is 4.21. The first kappa shape index (κ1) is 14.9. The lowest BCUT2D eigenvalue weighted by atomic mass is 10.1. The SMILES string of the molecule is CC(C)NC(C#N)CCSc1ccc2ccccc2c1. The fourth-order valence-electron chi connectivity index (χ4n) is 2.14. The van der Waals surface area contributed by atoms with E-state index in [0.29, 0.717) is 6.04 Å². The van der Waals surface area contributed by atoms with Crippen LogP contribution in [0, 0.1) is 11.3 Å². The van der Waals surface area contributed by atoms with Crippen molar-refractivity contribution in [2.75, 3.05) is 5.75 Å². The number of nitrogens with one attached hydrogen (secondary N) is 1. The maximum absolute atomic E-state index is 9.09. The molecule has 1 unspecified atom stereocenters. The second-order valence-corrected chi connectivity index (χ2v) is 6.32. The first-order chi connectivity index (χ1) is 9.69. The van der Waals surface area contributed by atoms with Crippen molar-refractivity contribution in [3.05, 3.63) is 42.5 Å². The van der Waals surface area contributed by atoms with E-state index in [1.54, 1.807) is 0 Å². The van der Waals surface area contributed by atoms with Crippen LogP contribution in [0.1, 0.15) is 20.3 Å². The van der Waals surface area contributed by atoms with Crippen LogP contribution in [0.2, 0.25) is 0 Å². The average molecular weight is 284 g/mol. The van der Waals surface area contributed by atoms with Gasteiger partial charge in [0.1, 0.15) is 0 Å². The second kappa shape index (κ2) is 7.33. The van der Waals surface area contributed by atoms with Gasteiger partial charge in [-0.25, -0.2) is 0 Å². The van der Waals surface area contributed by atoms with E-state index in [-0.39, 0.29) is 6.04 Å². The Bertz CT molecular complexity index is 601. The van der Waals surface area contributed by atoms with Crippen LogP contribution in [-0.4, -0.2) is 17.8 Å². The zero-order chi connectivity index (χ0) is 14.4. The monoisotopic (exact) mass is 284 g/mol. The van der Waals surface area contributed by atoms with E-state index in [1.807, 2.05) is 11.8 Å². The van der Waals surface area contributed by atoms with E-state index < -0.39 is 0 Å². The molecule has 0 saturated carbocycles. The van der Waals surface area contributed by atoms with Gasteiger partial charge in [0.25, 0.3) is 0 Å². The fourth-order valence-corrected chi connectivity index (χ4v) is 3.10. The Balaban J connectivity index is 1.91. The van der Waals surface area contributed by atoms with Crippen molar-refractivity contribution >= 4 is 22.5 Å². The quantitative estimate of drug-likeness (QED) is 0.807. The van der Waals surface area contributed by atoms with Gasteiger partial charge in [-0.15, -0.1) is 11.8 Å². The van der Waals surface area contributed by atoms with Crippen molar-refractivity contribution in [3.63, 3.8) is 0 Å². The summed E-state index contributed by atoms with van der Waals surface area (Å²) < 4.78 is 0. The fraction of sp³-hybridized carbons (Fsp3) is 0.353. The molecule has 0 bridgehead atoms. The molecule has 0 saturated heterocycles. The van der Waals surface area contributed by atoms with Crippen LogP contribution in [0.25, 0.3) is 10.8 Å². The van der Waals surface area contributed by atoms with Crippen molar-refractivity contribution in [2.24, 2.45) is 0 Å². The van der Waals surface area contributed by atoms with Crippen LogP contribution in [0.15, 0.2) is 47.4 Å². The summed E-state index contributed by atoms with van der Waals surface area (Å²) in [5, 5.41) is 14.9.